The van der Waals surface area contributed by atoms with Crippen LogP contribution in [0.3, 0.4) is 0 Å². The Labute approximate surface area is 129 Å². The Balaban J connectivity index is 0.00000200. The first-order chi connectivity index (χ1) is 8.90. The van der Waals surface area contributed by atoms with Crippen LogP contribution in [0.2, 0.25) is 5.02 Å². The summed E-state index contributed by atoms with van der Waals surface area (Å²) in [5, 5.41) is 2.76. The van der Waals surface area contributed by atoms with E-state index in [1.165, 1.54) is 18.2 Å². The van der Waals surface area contributed by atoms with Crippen molar-refractivity contribution in [1.29, 1.82) is 0 Å². The Hall–Kier alpha value is -0.840. The normalized spacial score (nSPS) is 25.7. The van der Waals surface area contributed by atoms with Crippen LogP contribution in [0, 0.1) is 11.7 Å². The summed E-state index contributed by atoms with van der Waals surface area (Å²) in [6.45, 7) is 1.91. The molecule has 0 spiro atoms. The van der Waals surface area contributed by atoms with Crippen LogP contribution < -0.4 is 11.1 Å². The lowest BCUT2D eigenvalue weighted by atomic mass is 9.74. The number of benzene rings is 1. The molecule has 0 bridgehead atoms. The first-order valence-electron chi connectivity index (χ1n) is 6.45. The lowest BCUT2D eigenvalue weighted by molar-refractivity contribution is -0.122. The number of nitrogens with two attached hydrogens (primary N) is 1. The second-order valence-electron chi connectivity index (χ2n) is 5.42. The highest BCUT2D eigenvalue weighted by Gasteiger charge is 2.37. The van der Waals surface area contributed by atoms with E-state index in [-0.39, 0.29) is 29.3 Å². The second kappa shape index (κ2) is 6.74. The van der Waals surface area contributed by atoms with Crippen LogP contribution in [0.4, 0.5) is 10.1 Å². The fourth-order valence-electron chi connectivity index (χ4n) is 2.59. The summed E-state index contributed by atoms with van der Waals surface area (Å²) in [4.78, 5) is 12.3. The molecule has 1 aliphatic rings. The predicted octanol–water partition coefficient (Wildman–Crippen LogP) is 3.75. The van der Waals surface area contributed by atoms with Crippen molar-refractivity contribution in [3.05, 3.63) is 29.0 Å². The third-order valence-electron chi connectivity index (χ3n) is 3.76. The minimum atomic E-state index is -0.499. The Bertz CT molecular complexity index is 494. The van der Waals surface area contributed by atoms with Gasteiger partial charge in [0, 0.05) is 11.2 Å². The fraction of sp³-hybridized carbons (Fsp3) is 0.500. The van der Waals surface area contributed by atoms with E-state index in [9.17, 15) is 9.18 Å². The van der Waals surface area contributed by atoms with Crippen molar-refractivity contribution in [3.63, 3.8) is 0 Å². The maximum absolute atomic E-state index is 13.0. The molecule has 0 heterocycles. The van der Waals surface area contributed by atoms with E-state index in [1.807, 2.05) is 6.92 Å². The average Bonchev–Trinajstić information content (AvgIpc) is 2.33. The van der Waals surface area contributed by atoms with Gasteiger partial charge in [0.15, 0.2) is 0 Å². The fourth-order valence-corrected chi connectivity index (χ4v) is 2.77. The molecule has 1 aromatic rings. The van der Waals surface area contributed by atoms with Gasteiger partial charge in [-0.3, -0.25) is 4.79 Å². The number of halogens is 3. The Morgan fingerprint density at radius 2 is 2.20 bits per heavy atom. The van der Waals surface area contributed by atoms with Crippen molar-refractivity contribution >= 4 is 35.6 Å². The first-order valence-corrected chi connectivity index (χ1v) is 6.83. The second-order valence-corrected chi connectivity index (χ2v) is 5.83. The van der Waals surface area contributed by atoms with Crippen LogP contribution in [0.25, 0.3) is 0 Å². The standard InChI is InChI=1S/C14H18ClFN2O.ClH/c1-14(17)7-3-2-4-10(14)13(19)18-9-5-6-12(16)11(15)8-9;/h5-6,8,10H,2-4,7,17H2,1H3,(H,18,19);1H. The third-order valence-corrected chi connectivity index (χ3v) is 4.05. The molecule has 2 unspecified atom stereocenters. The van der Waals surface area contributed by atoms with Crippen LogP contribution in [0.15, 0.2) is 18.2 Å². The number of hydrogen-bond donors (Lipinski definition) is 2. The summed E-state index contributed by atoms with van der Waals surface area (Å²) < 4.78 is 13.0. The van der Waals surface area contributed by atoms with Crippen molar-refractivity contribution in [3.8, 4) is 0 Å². The zero-order valence-corrected chi connectivity index (χ0v) is 12.9. The number of carbonyl (C=O) groups excluding carboxylic acids is 1. The zero-order chi connectivity index (χ0) is 14.0. The van der Waals surface area contributed by atoms with Gasteiger partial charge in [0.2, 0.25) is 5.91 Å². The molecule has 1 aromatic carbocycles. The number of carbonyl (C=O) groups is 1. The minimum Gasteiger partial charge on any atom is -0.326 e. The highest BCUT2D eigenvalue weighted by atomic mass is 35.5. The average molecular weight is 321 g/mol. The highest BCUT2D eigenvalue weighted by Crippen LogP contribution is 2.32. The number of rotatable bonds is 2. The molecule has 1 saturated carbocycles. The summed E-state index contributed by atoms with van der Waals surface area (Å²) >= 11 is 5.69. The number of amides is 1. The van der Waals surface area contributed by atoms with Gasteiger partial charge in [0.05, 0.1) is 10.9 Å². The van der Waals surface area contributed by atoms with Gasteiger partial charge in [-0.15, -0.1) is 12.4 Å². The molecule has 2 atom stereocenters. The molecule has 0 radical (unpaired) electrons. The van der Waals surface area contributed by atoms with E-state index >= 15 is 0 Å². The molecular weight excluding hydrogens is 302 g/mol. The highest BCUT2D eigenvalue weighted by molar-refractivity contribution is 6.31. The van der Waals surface area contributed by atoms with Crippen molar-refractivity contribution < 1.29 is 9.18 Å². The van der Waals surface area contributed by atoms with Gasteiger partial charge in [-0.1, -0.05) is 24.4 Å². The Morgan fingerprint density at radius 1 is 1.50 bits per heavy atom. The summed E-state index contributed by atoms with van der Waals surface area (Å²) in [5.41, 5.74) is 6.20. The third kappa shape index (κ3) is 3.84. The van der Waals surface area contributed by atoms with Gasteiger partial charge in [0.25, 0.3) is 0 Å². The predicted molar refractivity (Wildman–Crippen MR) is 81.8 cm³/mol. The van der Waals surface area contributed by atoms with Gasteiger partial charge in [-0.25, -0.2) is 4.39 Å². The molecule has 1 amide bonds. The summed E-state index contributed by atoms with van der Waals surface area (Å²) in [6, 6.07) is 4.14. The molecule has 20 heavy (non-hydrogen) atoms. The van der Waals surface area contributed by atoms with Crippen LogP contribution in [0.1, 0.15) is 32.6 Å². The van der Waals surface area contributed by atoms with Crippen LogP contribution in [-0.4, -0.2) is 11.4 Å². The molecule has 1 fully saturated rings. The molecule has 0 saturated heterocycles. The molecule has 2 rings (SSSR count). The van der Waals surface area contributed by atoms with Gasteiger partial charge in [0.1, 0.15) is 5.82 Å². The quantitative estimate of drug-likeness (QED) is 0.872. The van der Waals surface area contributed by atoms with E-state index in [2.05, 4.69) is 5.32 Å². The SMILES string of the molecule is CC1(N)CCCCC1C(=O)Nc1ccc(F)c(Cl)c1.Cl. The molecule has 3 N–H and O–H groups in total. The minimum absolute atomic E-state index is 0. The van der Waals surface area contributed by atoms with Gasteiger partial charge in [-0.05, 0) is 38.0 Å². The molecule has 1 aliphatic carbocycles. The summed E-state index contributed by atoms with van der Waals surface area (Å²) in [5.74, 6) is -0.835. The molecule has 0 aliphatic heterocycles. The lowest BCUT2D eigenvalue weighted by Crippen LogP contribution is -2.51. The van der Waals surface area contributed by atoms with Crippen molar-refractivity contribution in [2.75, 3.05) is 5.32 Å². The number of anilines is 1. The molecule has 3 nitrogen and oxygen atoms in total. The molecule has 0 aromatic heterocycles. The zero-order valence-electron chi connectivity index (χ0n) is 11.3. The van der Waals surface area contributed by atoms with Crippen LogP contribution in [0.5, 0.6) is 0 Å². The van der Waals surface area contributed by atoms with Gasteiger partial charge >= 0.3 is 0 Å². The van der Waals surface area contributed by atoms with E-state index in [4.69, 9.17) is 17.3 Å². The number of hydrogen-bond acceptors (Lipinski definition) is 2. The topological polar surface area (TPSA) is 55.1 Å². The first kappa shape index (κ1) is 17.2. The maximum atomic E-state index is 13.0. The largest absolute Gasteiger partial charge is 0.326 e. The summed E-state index contributed by atoms with van der Waals surface area (Å²) in [7, 11) is 0. The van der Waals surface area contributed by atoms with Crippen molar-refractivity contribution in [2.45, 2.75) is 38.1 Å². The number of nitrogens with one attached hydrogen (secondary N) is 1. The van der Waals surface area contributed by atoms with Gasteiger partial charge in [-0.2, -0.15) is 0 Å². The molecule has 112 valence electrons. The van der Waals surface area contributed by atoms with Crippen molar-refractivity contribution in [2.24, 2.45) is 11.7 Å². The molecule has 6 heteroatoms. The van der Waals surface area contributed by atoms with E-state index in [0.717, 1.165) is 25.7 Å². The Morgan fingerprint density at radius 3 is 2.80 bits per heavy atom. The van der Waals surface area contributed by atoms with Crippen molar-refractivity contribution in [1.82, 2.24) is 0 Å². The van der Waals surface area contributed by atoms with E-state index < -0.39 is 11.4 Å². The van der Waals surface area contributed by atoms with Crippen LogP contribution in [-0.2, 0) is 4.79 Å². The monoisotopic (exact) mass is 320 g/mol. The summed E-state index contributed by atoms with van der Waals surface area (Å²) in [6.07, 6.45) is 3.69. The van der Waals surface area contributed by atoms with Crippen LogP contribution >= 0.6 is 24.0 Å². The maximum Gasteiger partial charge on any atom is 0.229 e. The van der Waals surface area contributed by atoms with E-state index in [1.54, 1.807) is 0 Å². The van der Waals surface area contributed by atoms with E-state index in [0.29, 0.717) is 5.69 Å². The lowest BCUT2D eigenvalue weighted by Gasteiger charge is -2.37. The Kier molecular flexibility index (Phi) is 5.80. The molecular formula is C14H19Cl2FN2O. The van der Waals surface area contributed by atoms with Gasteiger partial charge < -0.3 is 11.1 Å². The smallest absolute Gasteiger partial charge is 0.229 e.